The molecule has 0 aliphatic rings. The van der Waals surface area contributed by atoms with E-state index in [9.17, 15) is 0 Å². The molecule has 1 aromatic rings. The molecule has 3 heteroatoms. The lowest BCUT2D eigenvalue weighted by Gasteiger charge is -2.31. The molecule has 1 rings (SSSR count). The van der Waals surface area contributed by atoms with E-state index >= 15 is 0 Å². The average Bonchev–Trinajstić information content (AvgIpc) is 2.43. The Labute approximate surface area is 137 Å². The fourth-order valence-electron chi connectivity index (χ4n) is 2.42. The van der Waals surface area contributed by atoms with E-state index in [1.165, 1.54) is 31.5 Å². The van der Waals surface area contributed by atoms with Crippen molar-refractivity contribution in [2.24, 2.45) is 5.92 Å². The van der Waals surface area contributed by atoms with E-state index in [1.54, 1.807) is 0 Å². The molecule has 0 fully saturated rings. The predicted molar refractivity (Wildman–Crippen MR) is 95.5 cm³/mol. The van der Waals surface area contributed by atoms with Crippen LogP contribution in [-0.2, 0) is 0 Å². The number of nitrogens with zero attached hydrogens (tertiary/aromatic N) is 2. The van der Waals surface area contributed by atoms with E-state index in [2.05, 4.69) is 65.1 Å². The number of ether oxygens (including phenoxy) is 1. The van der Waals surface area contributed by atoms with E-state index in [0.717, 1.165) is 29.3 Å². The van der Waals surface area contributed by atoms with Gasteiger partial charge in [0.05, 0.1) is 20.6 Å². The molecule has 0 aromatic heterocycles. The van der Waals surface area contributed by atoms with Gasteiger partial charge in [-0.3, -0.25) is 0 Å². The van der Waals surface area contributed by atoms with E-state index in [0.29, 0.717) is 0 Å². The molecule has 3 nitrogen and oxygen atoms in total. The molecule has 0 heterocycles. The molecule has 0 radical (unpaired) electrons. The molecule has 22 heavy (non-hydrogen) atoms. The number of likely N-dealkylation sites (N-methyl/N-ethyl adjacent to an activating group) is 1. The zero-order valence-electron chi connectivity index (χ0n) is 15.4. The van der Waals surface area contributed by atoms with E-state index < -0.39 is 0 Å². The maximum absolute atomic E-state index is 5.89. The quantitative estimate of drug-likeness (QED) is 0.614. The van der Waals surface area contributed by atoms with Crippen LogP contribution in [0.3, 0.4) is 0 Å². The third-order valence-corrected chi connectivity index (χ3v) is 4.25. The van der Waals surface area contributed by atoms with Crippen molar-refractivity contribution in [1.29, 1.82) is 0 Å². The van der Waals surface area contributed by atoms with E-state index in [4.69, 9.17) is 4.74 Å². The van der Waals surface area contributed by atoms with Crippen molar-refractivity contribution in [3.63, 3.8) is 0 Å². The highest BCUT2D eigenvalue weighted by molar-refractivity contribution is 5.27. The third-order valence-electron chi connectivity index (χ3n) is 4.25. The third kappa shape index (κ3) is 8.40. The van der Waals surface area contributed by atoms with Gasteiger partial charge in [-0.2, -0.15) is 0 Å². The SMILES string of the molecule is Cc1cccc(OCC[N+](C)(C)CCC(C)CCN(C)C)c1. The van der Waals surface area contributed by atoms with Crippen LogP contribution in [0.4, 0.5) is 0 Å². The molecule has 0 bridgehead atoms. The Morgan fingerprint density at radius 3 is 2.50 bits per heavy atom. The van der Waals surface area contributed by atoms with Gasteiger partial charge in [0.1, 0.15) is 18.9 Å². The number of hydrogen-bond acceptors (Lipinski definition) is 2. The Morgan fingerprint density at radius 1 is 1.14 bits per heavy atom. The molecule has 1 atom stereocenters. The van der Waals surface area contributed by atoms with Crippen molar-refractivity contribution in [2.75, 3.05) is 54.4 Å². The molecule has 0 aliphatic heterocycles. The molecule has 0 spiro atoms. The number of quaternary nitrogens is 1. The largest absolute Gasteiger partial charge is 0.488 e. The van der Waals surface area contributed by atoms with Gasteiger partial charge in [-0.1, -0.05) is 19.1 Å². The van der Waals surface area contributed by atoms with Crippen LogP contribution in [0.15, 0.2) is 24.3 Å². The highest BCUT2D eigenvalue weighted by atomic mass is 16.5. The first kappa shape index (κ1) is 19.0. The van der Waals surface area contributed by atoms with Crippen molar-refractivity contribution in [2.45, 2.75) is 26.7 Å². The zero-order valence-corrected chi connectivity index (χ0v) is 15.4. The first-order valence-electron chi connectivity index (χ1n) is 8.45. The van der Waals surface area contributed by atoms with Crippen molar-refractivity contribution >= 4 is 0 Å². The molecule has 1 aromatic carbocycles. The Hall–Kier alpha value is -1.06. The monoisotopic (exact) mass is 307 g/mol. The first-order chi connectivity index (χ1) is 10.3. The van der Waals surface area contributed by atoms with Gasteiger partial charge < -0.3 is 14.1 Å². The van der Waals surface area contributed by atoms with Crippen LogP contribution < -0.4 is 4.74 Å². The second-order valence-electron chi connectivity index (χ2n) is 7.53. The van der Waals surface area contributed by atoms with Crippen molar-refractivity contribution < 1.29 is 9.22 Å². The van der Waals surface area contributed by atoms with Gasteiger partial charge in [-0.15, -0.1) is 0 Å². The highest BCUT2D eigenvalue weighted by Crippen LogP contribution is 2.14. The van der Waals surface area contributed by atoms with Crippen LogP contribution in [0.2, 0.25) is 0 Å². The summed E-state index contributed by atoms with van der Waals surface area (Å²) in [5, 5.41) is 0. The summed E-state index contributed by atoms with van der Waals surface area (Å²) in [6, 6.07) is 8.29. The summed E-state index contributed by atoms with van der Waals surface area (Å²) in [5.41, 5.74) is 1.25. The lowest BCUT2D eigenvalue weighted by molar-refractivity contribution is -0.890. The second-order valence-corrected chi connectivity index (χ2v) is 7.53. The molecule has 1 unspecified atom stereocenters. The van der Waals surface area contributed by atoms with E-state index in [1.807, 2.05) is 6.07 Å². The molecular formula is C19H35N2O+. The smallest absolute Gasteiger partial charge is 0.137 e. The van der Waals surface area contributed by atoms with Crippen molar-refractivity contribution in [1.82, 2.24) is 4.90 Å². The minimum Gasteiger partial charge on any atom is -0.488 e. The summed E-state index contributed by atoms with van der Waals surface area (Å²) in [4.78, 5) is 2.27. The van der Waals surface area contributed by atoms with Gasteiger partial charge in [-0.25, -0.2) is 0 Å². The standard InChI is InChI=1S/C19H35N2O/c1-17(10-12-20(3)4)11-13-21(5,6)14-15-22-19-9-7-8-18(2)16-19/h7-9,16-17H,10-15H2,1-6H3/q+1. The molecule has 0 amide bonds. The van der Waals surface area contributed by atoms with Gasteiger partial charge in [-0.05, 0) is 64.0 Å². The first-order valence-corrected chi connectivity index (χ1v) is 8.45. The van der Waals surface area contributed by atoms with Crippen LogP contribution in [0, 0.1) is 12.8 Å². The van der Waals surface area contributed by atoms with Crippen LogP contribution >= 0.6 is 0 Å². The number of benzene rings is 1. The zero-order chi connectivity index (χ0) is 16.6. The van der Waals surface area contributed by atoms with Gasteiger partial charge in [0.2, 0.25) is 0 Å². The maximum atomic E-state index is 5.89. The summed E-state index contributed by atoms with van der Waals surface area (Å²) < 4.78 is 6.91. The molecule has 0 saturated carbocycles. The lowest BCUT2D eigenvalue weighted by Crippen LogP contribution is -2.44. The van der Waals surface area contributed by atoms with Crippen LogP contribution in [-0.4, -0.2) is 63.8 Å². The second kappa shape index (κ2) is 9.16. The summed E-state index contributed by atoms with van der Waals surface area (Å²) in [6.07, 6.45) is 2.57. The Morgan fingerprint density at radius 2 is 1.86 bits per heavy atom. The fraction of sp³-hybridized carbons (Fsp3) is 0.684. The molecule has 0 saturated heterocycles. The van der Waals surface area contributed by atoms with Crippen LogP contribution in [0.25, 0.3) is 0 Å². The minimum absolute atomic E-state index is 0.780. The Kier molecular flexibility index (Phi) is 7.91. The number of rotatable bonds is 10. The summed E-state index contributed by atoms with van der Waals surface area (Å²) in [5.74, 6) is 1.77. The van der Waals surface area contributed by atoms with Crippen molar-refractivity contribution in [3.05, 3.63) is 29.8 Å². The average molecular weight is 308 g/mol. The summed E-state index contributed by atoms with van der Waals surface area (Å²) in [6.45, 7) is 8.70. The molecular weight excluding hydrogens is 272 g/mol. The highest BCUT2D eigenvalue weighted by Gasteiger charge is 2.17. The topological polar surface area (TPSA) is 12.5 Å². The van der Waals surface area contributed by atoms with Crippen LogP contribution in [0.1, 0.15) is 25.3 Å². The van der Waals surface area contributed by atoms with Gasteiger partial charge in [0.15, 0.2) is 0 Å². The molecule has 0 N–H and O–H groups in total. The minimum atomic E-state index is 0.780. The number of hydrogen-bond donors (Lipinski definition) is 0. The predicted octanol–water partition coefficient (Wildman–Crippen LogP) is 3.43. The summed E-state index contributed by atoms with van der Waals surface area (Å²) in [7, 11) is 8.90. The maximum Gasteiger partial charge on any atom is 0.137 e. The van der Waals surface area contributed by atoms with Gasteiger partial charge >= 0.3 is 0 Å². The Balaban J connectivity index is 2.25. The fourth-order valence-corrected chi connectivity index (χ4v) is 2.42. The van der Waals surface area contributed by atoms with Crippen molar-refractivity contribution in [3.8, 4) is 5.75 Å². The summed E-state index contributed by atoms with van der Waals surface area (Å²) >= 11 is 0. The van der Waals surface area contributed by atoms with Gasteiger partial charge in [0.25, 0.3) is 0 Å². The van der Waals surface area contributed by atoms with Gasteiger partial charge in [0, 0.05) is 0 Å². The molecule has 126 valence electrons. The molecule has 0 aliphatic carbocycles. The Bertz CT molecular complexity index is 429. The van der Waals surface area contributed by atoms with Crippen LogP contribution in [0.5, 0.6) is 5.75 Å². The lowest BCUT2D eigenvalue weighted by atomic mass is 10.0. The normalized spacial score (nSPS) is 13.4. The van der Waals surface area contributed by atoms with E-state index in [-0.39, 0.29) is 0 Å². The number of aryl methyl sites for hydroxylation is 1.